The summed E-state index contributed by atoms with van der Waals surface area (Å²) in [7, 11) is 0. The second-order valence-electron chi connectivity index (χ2n) is 17.1. The first-order valence-corrected chi connectivity index (χ1v) is 20.5. The number of aliphatic hydroxyl groups excluding tert-OH is 1. The molecule has 56 heavy (non-hydrogen) atoms. The molecule has 0 unspecified atom stereocenters. The summed E-state index contributed by atoms with van der Waals surface area (Å²) in [6.07, 6.45) is 8.60. The van der Waals surface area contributed by atoms with Crippen molar-refractivity contribution in [2.45, 2.75) is 128 Å². The minimum Gasteiger partial charge on any atom is -0.512 e. The van der Waals surface area contributed by atoms with Gasteiger partial charge in [-0.2, -0.15) is 0 Å². The first kappa shape index (κ1) is 44.8. The molecule has 6 nitrogen and oxygen atoms in total. The average molecular weight is 933 g/mol. The van der Waals surface area contributed by atoms with Gasteiger partial charge in [-0.3, -0.25) is 9.78 Å². The predicted molar refractivity (Wildman–Crippen MR) is 231 cm³/mol. The van der Waals surface area contributed by atoms with E-state index in [1.165, 1.54) is 28.0 Å². The van der Waals surface area contributed by atoms with Gasteiger partial charge in [0.05, 0.1) is 11.1 Å². The van der Waals surface area contributed by atoms with Crippen LogP contribution >= 0.6 is 0 Å². The first-order valence-electron chi connectivity index (χ1n) is 20.5. The molecular weight excluding hydrogens is 871 g/mol. The molecular formula is C49H62IrN3O3-. The van der Waals surface area contributed by atoms with Crippen molar-refractivity contribution >= 4 is 49.5 Å². The van der Waals surface area contributed by atoms with Crippen molar-refractivity contribution in [3.05, 3.63) is 89.6 Å². The molecule has 3 heterocycles. The van der Waals surface area contributed by atoms with E-state index < -0.39 is 0 Å². The number of ketones is 1. The third-order valence-corrected chi connectivity index (χ3v) is 11.8. The van der Waals surface area contributed by atoms with Crippen molar-refractivity contribution in [2.24, 2.45) is 22.7 Å². The Balaban J connectivity index is 0.000000330. The number of aromatic nitrogens is 3. The fourth-order valence-corrected chi connectivity index (χ4v) is 7.30. The second-order valence-corrected chi connectivity index (χ2v) is 17.1. The number of pyridine rings is 1. The van der Waals surface area contributed by atoms with Crippen LogP contribution in [0, 0.1) is 28.7 Å². The van der Waals surface area contributed by atoms with E-state index in [-0.39, 0.29) is 48.4 Å². The van der Waals surface area contributed by atoms with Gasteiger partial charge in [0.2, 0.25) is 5.71 Å². The quantitative estimate of drug-likeness (QED) is 0.0537. The molecule has 0 saturated heterocycles. The molecule has 0 fully saturated rings. The number of nitrogens with zero attached hydrogens (tertiary/aromatic N) is 3. The van der Waals surface area contributed by atoms with Crippen molar-refractivity contribution < 1.29 is 34.4 Å². The minimum atomic E-state index is -0.337. The maximum atomic E-state index is 12.2. The number of furan rings is 1. The monoisotopic (exact) mass is 933 g/mol. The molecule has 3 aromatic heterocycles. The summed E-state index contributed by atoms with van der Waals surface area (Å²) < 4.78 is 6.30. The second kappa shape index (κ2) is 18.6. The average Bonchev–Trinajstić information content (AvgIpc) is 3.55. The Hall–Kier alpha value is -3.93. The summed E-state index contributed by atoms with van der Waals surface area (Å²) in [6.45, 7) is 25.5. The zero-order valence-corrected chi connectivity index (χ0v) is 38.1. The molecule has 0 aliphatic carbocycles. The van der Waals surface area contributed by atoms with Crippen LogP contribution in [-0.2, 0) is 37.7 Å². The SMILES string of the molecule is CC(C)Cc1cc(CC(C)C)c2c(ccc3c(-c4[c-]ccc5c4oc4ncccc45)nc(C(C)C)nc32)c1.CCC(C)(CC)C(=O)/C=C(\O)C(C)(CC)CC.[Ir]. The number of hydrogen-bond donors (Lipinski definition) is 1. The van der Waals surface area contributed by atoms with Crippen LogP contribution in [0.25, 0.3) is 55.0 Å². The molecule has 7 heteroatoms. The van der Waals surface area contributed by atoms with E-state index in [9.17, 15) is 9.90 Å². The van der Waals surface area contributed by atoms with E-state index in [1.807, 2.05) is 59.7 Å². The van der Waals surface area contributed by atoms with Crippen molar-refractivity contribution in [1.82, 2.24) is 15.0 Å². The van der Waals surface area contributed by atoms with Gasteiger partial charge in [0, 0.05) is 65.6 Å². The zero-order chi connectivity index (χ0) is 40.2. The molecule has 1 radical (unpaired) electrons. The Bertz CT molecular complexity index is 2330. The van der Waals surface area contributed by atoms with Crippen LogP contribution in [0.5, 0.6) is 0 Å². The molecule has 1 N–H and O–H groups in total. The van der Waals surface area contributed by atoms with Gasteiger partial charge < -0.3 is 9.52 Å². The molecule has 0 amide bonds. The van der Waals surface area contributed by atoms with Crippen molar-refractivity contribution in [2.75, 3.05) is 0 Å². The third kappa shape index (κ3) is 9.27. The summed E-state index contributed by atoms with van der Waals surface area (Å²) in [5.74, 6) is 2.45. The smallest absolute Gasteiger partial charge is 0.216 e. The van der Waals surface area contributed by atoms with E-state index >= 15 is 0 Å². The molecule has 0 atom stereocenters. The van der Waals surface area contributed by atoms with Crippen molar-refractivity contribution in [3.8, 4) is 11.3 Å². The van der Waals surface area contributed by atoms with E-state index in [0.29, 0.717) is 17.5 Å². The van der Waals surface area contributed by atoms with Crippen LogP contribution in [0.2, 0.25) is 0 Å². The van der Waals surface area contributed by atoms with E-state index in [4.69, 9.17) is 14.4 Å². The molecule has 6 aromatic rings. The Labute approximate surface area is 348 Å². The Morgan fingerprint density at radius 2 is 1.50 bits per heavy atom. The number of carbonyl (C=O) groups excluding carboxylic acids is 1. The van der Waals surface area contributed by atoms with Crippen LogP contribution in [0.1, 0.15) is 132 Å². The molecule has 6 rings (SSSR count). The molecule has 0 aliphatic heterocycles. The third-order valence-electron chi connectivity index (χ3n) is 11.8. The van der Waals surface area contributed by atoms with Crippen LogP contribution in [0.15, 0.2) is 71.0 Å². The van der Waals surface area contributed by atoms with Crippen molar-refractivity contribution in [1.29, 1.82) is 0 Å². The predicted octanol–water partition coefficient (Wildman–Crippen LogP) is 13.7. The summed E-state index contributed by atoms with van der Waals surface area (Å²) in [5.41, 5.74) is 6.31. The molecule has 301 valence electrons. The van der Waals surface area contributed by atoms with Crippen LogP contribution in [0.4, 0.5) is 0 Å². The number of rotatable bonds is 13. The molecule has 0 bridgehead atoms. The van der Waals surface area contributed by atoms with E-state index in [1.54, 1.807) is 6.20 Å². The molecule has 0 spiro atoms. The summed E-state index contributed by atoms with van der Waals surface area (Å²) in [4.78, 5) is 27.0. The molecule has 0 saturated carbocycles. The number of allylic oxidation sites excluding steroid dienone is 2. The Morgan fingerprint density at radius 1 is 0.839 bits per heavy atom. The molecule has 3 aromatic carbocycles. The number of aliphatic hydroxyl groups is 1. The van der Waals surface area contributed by atoms with Gasteiger partial charge in [-0.15, -0.1) is 18.2 Å². The Kier molecular flexibility index (Phi) is 14.8. The normalized spacial score (nSPS) is 12.6. The van der Waals surface area contributed by atoms with Gasteiger partial charge in [0.1, 0.15) is 11.6 Å². The maximum Gasteiger partial charge on any atom is 0.216 e. The maximum absolute atomic E-state index is 12.2. The van der Waals surface area contributed by atoms with Gasteiger partial charge in [0.25, 0.3) is 0 Å². The number of fused-ring (bicyclic) bond motifs is 6. The van der Waals surface area contributed by atoms with Gasteiger partial charge in [0.15, 0.2) is 5.78 Å². The van der Waals surface area contributed by atoms with Gasteiger partial charge >= 0.3 is 0 Å². The largest absolute Gasteiger partial charge is 0.512 e. The van der Waals surface area contributed by atoms with E-state index in [0.717, 1.165) is 82.9 Å². The molecule has 0 aliphatic rings. The number of benzene rings is 3. The van der Waals surface area contributed by atoms with Crippen LogP contribution < -0.4 is 0 Å². The first-order chi connectivity index (χ1) is 26.1. The Morgan fingerprint density at radius 3 is 2.11 bits per heavy atom. The van der Waals surface area contributed by atoms with Gasteiger partial charge in [-0.1, -0.05) is 118 Å². The number of carbonyl (C=O) groups is 1. The summed E-state index contributed by atoms with van der Waals surface area (Å²) in [6, 6.07) is 20.7. The standard InChI is InChI=1S/C34H34N3O.C15H28O2.Ir/c1-19(2)15-22-17-23-12-13-27-30(28-10-7-9-25-26-11-8-14-35-34(26)38-32(25)28)36-33(21(5)6)37-31(27)29(23)24(18-22)16-20(3)4;1-7-14(5,8-2)12(16)11-13(17)15(6,9-3)10-4;/h7-9,11-14,17-21H,15-16H2,1-6H3;11,16H,7-10H2,1-6H3;/q-1;;/b;12-11-;. The van der Waals surface area contributed by atoms with Gasteiger partial charge in [-0.25, -0.2) is 9.97 Å². The summed E-state index contributed by atoms with van der Waals surface area (Å²) >= 11 is 0. The number of hydrogen-bond acceptors (Lipinski definition) is 6. The minimum absolute atomic E-state index is 0. The fraction of sp³-hybridized carbons (Fsp3) is 0.469. The fourth-order valence-electron chi connectivity index (χ4n) is 7.30. The van der Waals surface area contributed by atoms with E-state index in [2.05, 4.69) is 82.9 Å². The topological polar surface area (TPSA) is 89.1 Å². The van der Waals surface area contributed by atoms with Gasteiger partial charge in [-0.05, 0) is 84.4 Å². The van der Waals surface area contributed by atoms with Crippen LogP contribution in [0.3, 0.4) is 0 Å². The van der Waals surface area contributed by atoms with Crippen molar-refractivity contribution in [3.63, 3.8) is 0 Å². The van der Waals surface area contributed by atoms with Crippen LogP contribution in [-0.4, -0.2) is 25.8 Å². The zero-order valence-electron chi connectivity index (χ0n) is 35.7. The summed E-state index contributed by atoms with van der Waals surface area (Å²) in [5, 5.41) is 15.7.